The predicted octanol–water partition coefficient (Wildman–Crippen LogP) is 0.553. The van der Waals surface area contributed by atoms with E-state index in [1.54, 1.807) is 14.0 Å². The van der Waals surface area contributed by atoms with Gasteiger partial charge in [0.25, 0.3) is 5.91 Å². The molecular weight excluding hydrogens is 214 g/mol. The summed E-state index contributed by atoms with van der Waals surface area (Å²) in [6, 6.07) is -0.190. The Hall–Kier alpha value is -1.01. The van der Waals surface area contributed by atoms with Crippen LogP contribution in [-0.4, -0.2) is 45.2 Å². The molecular formula is C9H15N3O2S. The summed E-state index contributed by atoms with van der Waals surface area (Å²) in [6.07, 6.45) is 0.693. The van der Waals surface area contributed by atoms with Gasteiger partial charge in [0, 0.05) is 7.05 Å². The van der Waals surface area contributed by atoms with E-state index in [4.69, 9.17) is 5.11 Å². The van der Waals surface area contributed by atoms with Gasteiger partial charge in [-0.25, -0.2) is 0 Å². The minimum atomic E-state index is -0.190. The maximum Gasteiger partial charge on any atom is 0.267 e. The van der Waals surface area contributed by atoms with Crippen molar-refractivity contribution < 1.29 is 9.90 Å². The fourth-order valence-electron chi connectivity index (χ4n) is 1.09. The molecule has 1 rings (SSSR count). The molecule has 1 unspecified atom stereocenters. The molecule has 0 aliphatic carbocycles. The molecule has 0 spiro atoms. The van der Waals surface area contributed by atoms with E-state index in [-0.39, 0.29) is 18.6 Å². The topological polar surface area (TPSA) is 66.3 Å². The third-order valence-electron chi connectivity index (χ3n) is 2.33. The zero-order chi connectivity index (χ0) is 11.4. The molecule has 0 saturated carbocycles. The minimum Gasteiger partial charge on any atom is -0.394 e. The Morgan fingerprint density at radius 2 is 2.33 bits per heavy atom. The zero-order valence-corrected chi connectivity index (χ0v) is 9.91. The van der Waals surface area contributed by atoms with Crippen molar-refractivity contribution >= 4 is 17.4 Å². The summed E-state index contributed by atoms with van der Waals surface area (Å²) in [5.41, 5.74) is 0.724. The van der Waals surface area contributed by atoms with E-state index in [2.05, 4.69) is 9.59 Å². The average Bonchev–Trinajstić information content (AvgIpc) is 2.73. The third kappa shape index (κ3) is 2.51. The number of rotatable bonds is 4. The summed E-state index contributed by atoms with van der Waals surface area (Å²) < 4.78 is 3.76. The Labute approximate surface area is 92.9 Å². The van der Waals surface area contributed by atoms with Gasteiger partial charge in [0.2, 0.25) is 0 Å². The molecule has 0 aromatic carbocycles. The van der Waals surface area contributed by atoms with Crippen LogP contribution in [0.5, 0.6) is 0 Å². The van der Waals surface area contributed by atoms with Gasteiger partial charge in [0.05, 0.1) is 18.3 Å². The Morgan fingerprint density at radius 3 is 2.87 bits per heavy atom. The van der Waals surface area contributed by atoms with Gasteiger partial charge in [-0.3, -0.25) is 4.79 Å². The summed E-state index contributed by atoms with van der Waals surface area (Å²) in [7, 11) is 1.67. The number of nitrogens with zero attached hydrogens (tertiary/aromatic N) is 3. The van der Waals surface area contributed by atoms with E-state index in [1.807, 2.05) is 6.92 Å². The number of carbonyl (C=O) groups excluding carboxylic acids is 1. The molecule has 1 aromatic rings. The Morgan fingerprint density at radius 1 is 1.67 bits per heavy atom. The number of amides is 1. The van der Waals surface area contributed by atoms with E-state index in [0.29, 0.717) is 11.3 Å². The Balaban J connectivity index is 2.84. The molecule has 1 atom stereocenters. The number of aliphatic hydroxyl groups is 1. The van der Waals surface area contributed by atoms with Gasteiger partial charge in [-0.05, 0) is 24.9 Å². The first-order valence-electron chi connectivity index (χ1n) is 4.81. The van der Waals surface area contributed by atoms with Crippen LogP contribution < -0.4 is 0 Å². The van der Waals surface area contributed by atoms with Gasteiger partial charge in [-0.1, -0.05) is 11.4 Å². The first-order valence-corrected chi connectivity index (χ1v) is 5.58. The summed E-state index contributed by atoms with van der Waals surface area (Å²) in [5, 5.41) is 12.8. The molecule has 1 N–H and O–H groups in total. The number of hydrogen-bond donors (Lipinski definition) is 1. The third-order valence-corrected chi connectivity index (χ3v) is 3.09. The van der Waals surface area contributed by atoms with E-state index < -0.39 is 0 Å². The van der Waals surface area contributed by atoms with E-state index in [0.717, 1.165) is 17.2 Å². The Kier molecular flexibility index (Phi) is 4.16. The number of aryl methyl sites for hydroxylation is 1. The SMILES string of the molecule is CCc1nnsc1C(=O)N(C)C(C)CO. The van der Waals surface area contributed by atoms with Crippen molar-refractivity contribution in [2.45, 2.75) is 26.3 Å². The van der Waals surface area contributed by atoms with E-state index in [1.165, 1.54) is 4.90 Å². The lowest BCUT2D eigenvalue weighted by Crippen LogP contribution is -2.37. The fraction of sp³-hybridized carbons (Fsp3) is 0.667. The monoisotopic (exact) mass is 229 g/mol. The summed E-state index contributed by atoms with van der Waals surface area (Å²) in [5.74, 6) is -0.122. The Bertz CT molecular complexity index is 340. The van der Waals surface area contributed by atoms with Crippen molar-refractivity contribution in [2.75, 3.05) is 13.7 Å². The molecule has 1 aromatic heterocycles. The van der Waals surface area contributed by atoms with Crippen LogP contribution in [-0.2, 0) is 6.42 Å². The van der Waals surface area contributed by atoms with Crippen LogP contribution in [0.4, 0.5) is 0 Å². The molecule has 15 heavy (non-hydrogen) atoms. The molecule has 1 heterocycles. The van der Waals surface area contributed by atoms with Crippen LogP contribution in [0, 0.1) is 0 Å². The van der Waals surface area contributed by atoms with Crippen molar-refractivity contribution in [1.82, 2.24) is 14.5 Å². The summed E-state index contributed by atoms with van der Waals surface area (Å²) in [4.78, 5) is 14.0. The van der Waals surface area contributed by atoms with E-state index >= 15 is 0 Å². The average molecular weight is 229 g/mol. The van der Waals surface area contributed by atoms with Crippen LogP contribution in [0.15, 0.2) is 0 Å². The zero-order valence-electron chi connectivity index (χ0n) is 9.10. The first-order chi connectivity index (χ1) is 7.11. The lowest BCUT2D eigenvalue weighted by molar-refractivity contribution is 0.0685. The molecule has 0 bridgehead atoms. The summed E-state index contributed by atoms with van der Waals surface area (Å²) in [6.45, 7) is 3.68. The highest BCUT2D eigenvalue weighted by molar-refractivity contribution is 7.07. The normalized spacial score (nSPS) is 12.5. The summed E-state index contributed by atoms with van der Waals surface area (Å²) >= 11 is 1.10. The smallest absolute Gasteiger partial charge is 0.267 e. The van der Waals surface area contributed by atoms with Gasteiger partial charge >= 0.3 is 0 Å². The highest BCUT2D eigenvalue weighted by Gasteiger charge is 2.21. The minimum absolute atomic E-state index is 0.0457. The number of aromatic nitrogens is 2. The highest BCUT2D eigenvalue weighted by atomic mass is 32.1. The lowest BCUT2D eigenvalue weighted by Gasteiger charge is -2.22. The van der Waals surface area contributed by atoms with Crippen LogP contribution in [0.2, 0.25) is 0 Å². The maximum absolute atomic E-state index is 11.9. The van der Waals surface area contributed by atoms with E-state index in [9.17, 15) is 4.79 Å². The van der Waals surface area contributed by atoms with Crippen molar-refractivity contribution in [3.05, 3.63) is 10.6 Å². The number of likely N-dealkylation sites (N-methyl/N-ethyl adjacent to an activating group) is 1. The second-order valence-corrected chi connectivity index (χ2v) is 4.10. The molecule has 0 saturated heterocycles. The molecule has 6 heteroatoms. The predicted molar refractivity (Wildman–Crippen MR) is 57.9 cm³/mol. The van der Waals surface area contributed by atoms with Gasteiger partial charge in [0.15, 0.2) is 0 Å². The lowest BCUT2D eigenvalue weighted by atomic mass is 10.2. The van der Waals surface area contributed by atoms with Crippen molar-refractivity contribution in [3.63, 3.8) is 0 Å². The fourth-order valence-corrected chi connectivity index (χ4v) is 1.82. The van der Waals surface area contributed by atoms with Gasteiger partial charge in [-0.15, -0.1) is 5.10 Å². The molecule has 0 radical (unpaired) electrons. The van der Waals surface area contributed by atoms with Crippen LogP contribution >= 0.6 is 11.5 Å². The standard InChI is InChI=1S/C9H15N3O2S/c1-4-7-8(15-11-10-7)9(14)12(3)6(2)5-13/h6,13H,4-5H2,1-3H3. The largest absolute Gasteiger partial charge is 0.394 e. The first kappa shape index (κ1) is 12.1. The number of aliphatic hydroxyl groups excluding tert-OH is 1. The van der Waals surface area contributed by atoms with Crippen LogP contribution in [0.1, 0.15) is 29.2 Å². The maximum atomic E-state index is 11.9. The van der Waals surface area contributed by atoms with Crippen molar-refractivity contribution in [1.29, 1.82) is 0 Å². The van der Waals surface area contributed by atoms with Gasteiger partial charge in [0.1, 0.15) is 4.88 Å². The highest BCUT2D eigenvalue weighted by Crippen LogP contribution is 2.14. The molecule has 0 aliphatic heterocycles. The molecule has 84 valence electrons. The molecule has 5 nitrogen and oxygen atoms in total. The number of carbonyl (C=O) groups is 1. The molecule has 0 aliphatic rings. The van der Waals surface area contributed by atoms with Gasteiger partial charge < -0.3 is 10.0 Å². The van der Waals surface area contributed by atoms with Crippen molar-refractivity contribution in [2.24, 2.45) is 0 Å². The van der Waals surface area contributed by atoms with Crippen LogP contribution in [0.25, 0.3) is 0 Å². The van der Waals surface area contributed by atoms with Crippen molar-refractivity contribution in [3.8, 4) is 0 Å². The second kappa shape index (κ2) is 5.18. The molecule has 1 amide bonds. The second-order valence-electron chi connectivity index (χ2n) is 3.35. The van der Waals surface area contributed by atoms with Gasteiger partial charge in [-0.2, -0.15) is 0 Å². The quantitative estimate of drug-likeness (QED) is 0.819. The van der Waals surface area contributed by atoms with Crippen LogP contribution in [0.3, 0.4) is 0 Å². The molecule has 0 fully saturated rings. The number of hydrogen-bond acceptors (Lipinski definition) is 5.